The fourth-order valence-electron chi connectivity index (χ4n) is 3.22. The van der Waals surface area contributed by atoms with Crippen molar-refractivity contribution in [3.63, 3.8) is 0 Å². The Morgan fingerprint density at radius 1 is 1.40 bits per heavy atom. The van der Waals surface area contributed by atoms with E-state index in [1.807, 2.05) is 23.9 Å². The van der Waals surface area contributed by atoms with E-state index in [1.165, 1.54) is 0 Å². The molecule has 0 spiro atoms. The first-order valence-corrected chi connectivity index (χ1v) is 8.63. The Morgan fingerprint density at radius 2 is 2.28 bits per heavy atom. The zero-order chi connectivity index (χ0) is 17.6. The van der Waals surface area contributed by atoms with E-state index in [9.17, 15) is 5.11 Å². The molecule has 3 rings (SSSR count). The third kappa shape index (κ3) is 4.08. The van der Waals surface area contributed by atoms with Crippen LogP contribution < -0.4 is 9.80 Å². The van der Waals surface area contributed by atoms with Crippen molar-refractivity contribution in [3.8, 4) is 0 Å². The molecule has 2 aromatic rings. The minimum atomic E-state index is 0.146. The maximum absolute atomic E-state index is 9.57. The first-order chi connectivity index (χ1) is 12.2. The lowest BCUT2D eigenvalue weighted by Crippen LogP contribution is -2.33. The number of rotatable bonds is 8. The van der Waals surface area contributed by atoms with Gasteiger partial charge >= 0.3 is 0 Å². The average molecular weight is 346 g/mol. The summed E-state index contributed by atoms with van der Waals surface area (Å²) in [6, 6.07) is 4.15. The summed E-state index contributed by atoms with van der Waals surface area (Å²) in [5.74, 6) is 1.72. The van der Waals surface area contributed by atoms with Crippen molar-refractivity contribution in [2.24, 2.45) is 7.05 Å². The molecule has 1 saturated heterocycles. The van der Waals surface area contributed by atoms with Gasteiger partial charge in [-0.2, -0.15) is 5.10 Å². The van der Waals surface area contributed by atoms with E-state index >= 15 is 0 Å². The van der Waals surface area contributed by atoms with Crippen molar-refractivity contribution in [2.75, 3.05) is 43.2 Å². The second-order valence-corrected chi connectivity index (χ2v) is 6.27. The summed E-state index contributed by atoms with van der Waals surface area (Å²) in [5, 5.41) is 13.8. The number of nitrogens with zero attached hydrogens (tertiary/aromatic N) is 6. The summed E-state index contributed by atoms with van der Waals surface area (Å²) < 4.78 is 7.12. The number of hydrogen-bond donors (Lipinski definition) is 1. The summed E-state index contributed by atoms with van der Waals surface area (Å²) >= 11 is 0. The van der Waals surface area contributed by atoms with Crippen molar-refractivity contribution in [3.05, 3.63) is 30.4 Å². The molecule has 0 amide bonds. The predicted molar refractivity (Wildman–Crippen MR) is 95.6 cm³/mol. The summed E-state index contributed by atoms with van der Waals surface area (Å²) in [7, 11) is 3.63. The van der Waals surface area contributed by atoms with Crippen molar-refractivity contribution >= 4 is 11.6 Å². The van der Waals surface area contributed by atoms with E-state index in [2.05, 4.69) is 24.9 Å². The Hall–Kier alpha value is -2.19. The average Bonchev–Trinajstić information content (AvgIpc) is 3.27. The molecule has 3 heterocycles. The lowest BCUT2D eigenvalue weighted by Gasteiger charge is -2.27. The van der Waals surface area contributed by atoms with E-state index < -0.39 is 0 Å². The topological polar surface area (TPSA) is 79.5 Å². The van der Waals surface area contributed by atoms with Gasteiger partial charge in [0.15, 0.2) is 0 Å². The van der Waals surface area contributed by atoms with Gasteiger partial charge in [0, 0.05) is 39.5 Å². The molecule has 0 bridgehead atoms. The maximum atomic E-state index is 9.57. The number of aryl methyl sites for hydroxylation is 1. The van der Waals surface area contributed by atoms with Crippen LogP contribution in [0.4, 0.5) is 11.6 Å². The SMILES string of the molecule is COCCN(Cc1ccnn1C)c1cc(N2CCCC2CO)ncn1. The molecule has 136 valence electrons. The number of methoxy groups -OCH3 is 1. The van der Waals surface area contributed by atoms with Crippen LogP contribution in [0, 0.1) is 0 Å². The summed E-state index contributed by atoms with van der Waals surface area (Å²) in [4.78, 5) is 13.2. The fourth-order valence-corrected chi connectivity index (χ4v) is 3.22. The van der Waals surface area contributed by atoms with Gasteiger partial charge in [-0.15, -0.1) is 0 Å². The van der Waals surface area contributed by atoms with Crippen LogP contribution in [0.25, 0.3) is 0 Å². The minimum Gasteiger partial charge on any atom is -0.394 e. The first kappa shape index (κ1) is 17.6. The highest BCUT2D eigenvalue weighted by Gasteiger charge is 2.25. The van der Waals surface area contributed by atoms with E-state index in [4.69, 9.17) is 4.74 Å². The quantitative estimate of drug-likeness (QED) is 0.758. The predicted octanol–water partition coefficient (Wildman–Crippen LogP) is 0.824. The highest BCUT2D eigenvalue weighted by Crippen LogP contribution is 2.26. The molecule has 25 heavy (non-hydrogen) atoms. The van der Waals surface area contributed by atoms with Crippen molar-refractivity contribution in [1.29, 1.82) is 0 Å². The van der Waals surface area contributed by atoms with Gasteiger partial charge in [0.25, 0.3) is 0 Å². The van der Waals surface area contributed by atoms with Gasteiger partial charge < -0.3 is 19.6 Å². The number of anilines is 2. The second-order valence-electron chi connectivity index (χ2n) is 6.27. The normalized spacial score (nSPS) is 17.2. The van der Waals surface area contributed by atoms with Gasteiger partial charge in [0.2, 0.25) is 0 Å². The second kappa shape index (κ2) is 8.26. The first-order valence-electron chi connectivity index (χ1n) is 8.63. The molecule has 8 heteroatoms. The molecule has 1 aliphatic rings. The van der Waals surface area contributed by atoms with Crippen LogP contribution in [-0.4, -0.2) is 64.3 Å². The van der Waals surface area contributed by atoms with E-state index in [0.717, 1.165) is 43.3 Å². The third-order valence-corrected chi connectivity index (χ3v) is 4.69. The molecular formula is C17H26N6O2. The zero-order valence-electron chi connectivity index (χ0n) is 14.9. The van der Waals surface area contributed by atoms with Crippen molar-refractivity contribution in [2.45, 2.75) is 25.4 Å². The molecule has 2 aromatic heterocycles. The largest absolute Gasteiger partial charge is 0.394 e. The monoisotopic (exact) mass is 346 g/mol. The lowest BCUT2D eigenvalue weighted by molar-refractivity contribution is 0.204. The van der Waals surface area contributed by atoms with Crippen LogP contribution >= 0.6 is 0 Å². The van der Waals surface area contributed by atoms with Crippen LogP contribution in [0.1, 0.15) is 18.5 Å². The molecule has 1 fully saturated rings. The molecule has 0 aliphatic carbocycles. The van der Waals surface area contributed by atoms with Crippen molar-refractivity contribution < 1.29 is 9.84 Å². The number of aliphatic hydroxyl groups is 1. The molecular weight excluding hydrogens is 320 g/mol. The Kier molecular flexibility index (Phi) is 5.83. The Labute approximate surface area is 148 Å². The van der Waals surface area contributed by atoms with E-state index in [-0.39, 0.29) is 12.6 Å². The summed E-state index contributed by atoms with van der Waals surface area (Å²) in [6.45, 7) is 3.10. The Balaban J connectivity index is 1.82. The molecule has 1 aliphatic heterocycles. The van der Waals surface area contributed by atoms with Gasteiger partial charge in [0.05, 0.1) is 31.5 Å². The van der Waals surface area contributed by atoms with E-state index in [1.54, 1.807) is 19.6 Å². The van der Waals surface area contributed by atoms with Gasteiger partial charge in [-0.1, -0.05) is 0 Å². The molecule has 0 aromatic carbocycles. The van der Waals surface area contributed by atoms with Crippen LogP contribution in [0.3, 0.4) is 0 Å². The van der Waals surface area contributed by atoms with Gasteiger partial charge in [0.1, 0.15) is 18.0 Å². The number of aromatic nitrogens is 4. The molecule has 0 saturated carbocycles. The summed E-state index contributed by atoms with van der Waals surface area (Å²) in [6.07, 6.45) is 5.47. The van der Waals surface area contributed by atoms with E-state index in [0.29, 0.717) is 13.2 Å². The van der Waals surface area contributed by atoms with Gasteiger partial charge in [-0.3, -0.25) is 4.68 Å². The number of ether oxygens (including phenoxy) is 1. The van der Waals surface area contributed by atoms with Crippen LogP contribution in [0.5, 0.6) is 0 Å². The summed E-state index contributed by atoms with van der Waals surface area (Å²) in [5.41, 5.74) is 1.10. The highest BCUT2D eigenvalue weighted by atomic mass is 16.5. The lowest BCUT2D eigenvalue weighted by atomic mass is 10.2. The number of aliphatic hydroxyl groups excluding tert-OH is 1. The van der Waals surface area contributed by atoms with Crippen molar-refractivity contribution in [1.82, 2.24) is 19.7 Å². The smallest absolute Gasteiger partial charge is 0.134 e. The van der Waals surface area contributed by atoms with Gasteiger partial charge in [-0.05, 0) is 18.9 Å². The third-order valence-electron chi connectivity index (χ3n) is 4.69. The molecule has 0 radical (unpaired) electrons. The van der Waals surface area contributed by atoms with Crippen LogP contribution in [0.15, 0.2) is 24.7 Å². The molecule has 1 unspecified atom stereocenters. The Bertz CT molecular complexity index is 677. The van der Waals surface area contributed by atoms with Gasteiger partial charge in [-0.25, -0.2) is 9.97 Å². The minimum absolute atomic E-state index is 0.146. The maximum Gasteiger partial charge on any atom is 0.134 e. The standard InChI is InChI=1S/C17H26N6O2/c1-21-14(5-6-20-21)11-22(8-9-25-2)16-10-17(19-13-18-16)23-7-3-4-15(23)12-24/h5-6,10,13,15,24H,3-4,7-9,11-12H2,1-2H3. The zero-order valence-corrected chi connectivity index (χ0v) is 14.9. The fraction of sp³-hybridized carbons (Fsp3) is 0.588. The Morgan fingerprint density at radius 3 is 3.00 bits per heavy atom. The molecule has 1 atom stereocenters. The molecule has 1 N–H and O–H groups in total. The number of hydrogen-bond acceptors (Lipinski definition) is 7. The molecule has 8 nitrogen and oxygen atoms in total. The highest BCUT2D eigenvalue weighted by molar-refractivity contribution is 5.51. The van der Waals surface area contributed by atoms with Crippen LogP contribution in [0.2, 0.25) is 0 Å². The van der Waals surface area contributed by atoms with Crippen LogP contribution in [-0.2, 0) is 18.3 Å².